The van der Waals surface area contributed by atoms with Gasteiger partial charge in [-0.05, 0) is 31.0 Å². The minimum absolute atomic E-state index is 0.131. The molecule has 0 saturated carbocycles. The monoisotopic (exact) mass is 366 g/mol. The maximum Gasteiger partial charge on any atom is 0.338 e. The molecular weight excluding hydrogens is 340 g/mol. The molecule has 1 fully saturated rings. The maximum absolute atomic E-state index is 12.4. The molecule has 1 saturated heterocycles. The van der Waals surface area contributed by atoms with Crippen molar-refractivity contribution >= 4 is 11.9 Å². The molecule has 0 N–H and O–H groups in total. The van der Waals surface area contributed by atoms with Crippen molar-refractivity contribution in [2.24, 2.45) is 0 Å². The number of aryl methyl sites for hydroxylation is 2. The van der Waals surface area contributed by atoms with Gasteiger partial charge in [-0.1, -0.05) is 48.0 Å². The SMILES string of the molecule is Cc1ccc(C)c(C(=O)OCC(=O)N2CCN(Cc3ccccc3)CC2)c1. The number of hydrogen-bond acceptors (Lipinski definition) is 4. The molecule has 5 heteroatoms. The Hall–Kier alpha value is -2.66. The van der Waals surface area contributed by atoms with Crippen LogP contribution < -0.4 is 0 Å². The second-order valence-electron chi connectivity index (χ2n) is 7.04. The predicted octanol–water partition coefficient (Wildman–Crippen LogP) is 2.80. The van der Waals surface area contributed by atoms with Crippen LogP contribution in [0.3, 0.4) is 0 Å². The summed E-state index contributed by atoms with van der Waals surface area (Å²) in [6.45, 7) is 7.45. The summed E-state index contributed by atoms with van der Waals surface area (Å²) in [6, 6.07) is 16.0. The Labute approximate surface area is 160 Å². The van der Waals surface area contributed by atoms with Gasteiger partial charge in [0.1, 0.15) is 0 Å². The van der Waals surface area contributed by atoms with Gasteiger partial charge in [0.25, 0.3) is 5.91 Å². The minimum Gasteiger partial charge on any atom is -0.452 e. The van der Waals surface area contributed by atoms with Crippen LogP contribution in [0.4, 0.5) is 0 Å². The van der Waals surface area contributed by atoms with Gasteiger partial charge in [0.05, 0.1) is 5.56 Å². The molecule has 2 aromatic rings. The van der Waals surface area contributed by atoms with Crippen LogP contribution in [0.5, 0.6) is 0 Å². The van der Waals surface area contributed by atoms with Crippen molar-refractivity contribution in [3.05, 3.63) is 70.8 Å². The van der Waals surface area contributed by atoms with Gasteiger partial charge in [0, 0.05) is 32.7 Å². The number of ether oxygens (including phenoxy) is 1. The minimum atomic E-state index is -0.438. The highest BCUT2D eigenvalue weighted by Gasteiger charge is 2.22. The lowest BCUT2D eigenvalue weighted by molar-refractivity contribution is -0.136. The van der Waals surface area contributed by atoms with E-state index in [1.165, 1.54) is 5.56 Å². The van der Waals surface area contributed by atoms with Crippen molar-refractivity contribution in [3.63, 3.8) is 0 Å². The van der Waals surface area contributed by atoms with Crippen LogP contribution in [0, 0.1) is 13.8 Å². The quantitative estimate of drug-likeness (QED) is 0.764. The van der Waals surface area contributed by atoms with E-state index >= 15 is 0 Å². The molecule has 1 aliphatic rings. The molecule has 0 atom stereocenters. The summed E-state index contributed by atoms with van der Waals surface area (Å²) >= 11 is 0. The standard InChI is InChI=1S/C22H26N2O3/c1-17-8-9-18(2)20(14-17)22(26)27-16-21(25)24-12-10-23(11-13-24)15-19-6-4-3-5-7-19/h3-9,14H,10-13,15-16H2,1-2H3. The van der Waals surface area contributed by atoms with Crippen molar-refractivity contribution < 1.29 is 14.3 Å². The van der Waals surface area contributed by atoms with Gasteiger partial charge in [-0.15, -0.1) is 0 Å². The summed E-state index contributed by atoms with van der Waals surface area (Å²) in [6.07, 6.45) is 0. The molecule has 1 heterocycles. The summed E-state index contributed by atoms with van der Waals surface area (Å²) in [5, 5.41) is 0. The highest BCUT2D eigenvalue weighted by atomic mass is 16.5. The molecule has 27 heavy (non-hydrogen) atoms. The molecular formula is C22H26N2O3. The molecule has 0 aromatic heterocycles. The summed E-state index contributed by atoms with van der Waals surface area (Å²) < 4.78 is 5.26. The third-order valence-corrected chi connectivity index (χ3v) is 4.91. The fourth-order valence-electron chi connectivity index (χ4n) is 3.25. The van der Waals surface area contributed by atoms with Crippen LogP contribution in [0.25, 0.3) is 0 Å². The van der Waals surface area contributed by atoms with E-state index in [4.69, 9.17) is 4.74 Å². The van der Waals surface area contributed by atoms with Crippen molar-refractivity contribution in [2.45, 2.75) is 20.4 Å². The number of hydrogen-bond donors (Lipinski definition) is 0. The average Bonchev–Trinajstić information content (AvgIpc) is 2.69. The van der Waals surface area contributed by atoms with Gasteiger partial charge in [-0.2, -0.15) is 0 Å². The lowest BCUT2D eigenvalue weighted by atomic mass is 10.1. The molecule has 142 valence electrons. The van der Waals surface area contributed by atoms with E-state index in [9.17, 15) is 9.59 Å². The summed E-state index contributed by atoms with van der Waals surface area (Å²) in [5.74, 6) is -0.569. The number of benzene rings is 2. The van der Waals surface area contributed by atoms with Crippen LogP contribution in [-0.4, -0.2) is 54.5 Å². The third kappa shape index (κ3) is 5.17. The molecule has 0 unspecified atom stereocenters. The van der Waals surface area contributed by atoms with E-state index in [1.807, 2.05) is 44.2 Å². The van der Waals surface area contributed by atoms with Gasteiger partial charge in [0.2, 0.25) is 0 Å². The number of carbonyl (C=O) groups excluding carboxylic acids is 2. The smallest absolute Gasteiger partial charge is 0.338 e. The fraction of sp³-hybridized carbons (Fsp3) is 0.364. The van der Waals surface area contributed by atoms with E-state index in [0.717, 1.165) is 30.8 Å². The Morgan fingerprint density at radius 3 is 2.37 bits per heavy atom. The zero-order valence-corrected chi connectivity index (χ0v) is 16.0. The van der Waals surface area contributed by atoms with Crippen LogP contribution in [0.2, 0.25) is 0 Å². The number of carbonyl (C=O) groups is 2. The lowest BCUT2D eigenvalue weighted by Gasteiger charge is -2.34. The van der Waals surface area contributed by atoms with Crippen molar-refractivity contribution in [3.8, 4) is 0 Å². The van der Waals surface area contributed by atoms with E-state index in [1.54, 1.807) is 11.0 Å². The molecule has 2 aromatic carbocycles. The van der Waals surface area contributed by atoms with E-state index in [-0.39, 0.29) is 12.5 Å². The van der Waals surface area contributed by atoms with Crippen LogP contribution >= 0.6 is 0 Å². The maximum atomic E-state index is 12.4. The number of rotatable bonds is 5. The van der Waals surface area contributed by atoms with E-state index in [0.29, 0.717) is 18.7 Å². The van der Waals surface area contributed by atoms with E-state index < -0.39 is 5.97 Å². The van der Waals surface area contributed by atoms with Gasteiger partial charge in [-0.3, -0.25) is 9.69 Å². The number of esters is 1. The molecule has 0 aliphatic carbocycles. The number of amides is 1. The first kappa shape index (κ1) is 19.1. The summed E-state index contributed by atoms with van der Waals surface area (Å²) in [7, 11) is 0. The number of nitrogens with zero attached hydrogens (tertiary/aromatic N) is 2. The first-order valence-electron chi connectivity index (χ1n) is 9.31. The Balaban J connectivity index is 1.45. The Morgan fingerprint density at radius 1 is 0.963 bits per heavy atom. The normalized spacial score (nSPS) is 14.8. The highest BCUT2D eigenvalue weighted by Crippen LogP contribution is 2.13. The first-order chi connectivity index (χ1) is 13.0. The second kappa shape index (κ2) is 8.82. The third-order valence-electron chi connectivity index (χ3n) is 4.91. The van der Waals surface area contributed by atoms with Crippen molar-refractivity contribution in [2.75, 3.05) is 32.8 Å². The van der Waals surface area contributed by atoms with E-state index in [2.05, 4.69) is 17.0 Å². The molecule has 1 aliphatic heterocycles. The van der Waals surface area contributed by atoms with Crippen LogP contribution in [0.15, 0.2) is 48.5 Å². The number of piperazine rings is 1. The van der Waals surface area contributed by atoms with Crippen molar-refractivity contribution in [1.29, 1.82) is 0 Å². The van der Waals surface area contributed by atoms with Gasteiger partial charge in [0.15, 0.2) is 6.61 Å². The van der Waals surface area contributed by atoms with Gasteiger partial charge >= 0.3 is 5.97 Å². The summed E-state index contributed by atoms with van der Waals surface area (Å²) in [5.41, 5.74) is 3.65. The molecule has 0 bridgehead atoms. The molecule has 1 amide bonds. The zero-order valence-electron chi connectivity index (χ0n) is 16.0. The molecule has 0 spiro atoms. The highest BCUT2D eigenvalue weighted by molar-refractivity contribution is 5.92. The Bertz CT molecular complexity index is 796. The predicted molar refractivity (Wildman–Crippen MR) is 104 cm³/mol. The van der Waals surface area contributed by atoms with Crippen molar-refractivity contribution in [1.82, 2.24) is 9.80 Å². The van der Waals surface area contributed by atoms with Crippen LogP contribution in [0.1, 0.15) is 27.0 Å². The Morgan fingerprint density at radius 2 is 1.67 bits per heavy atom. The second-order valence-corrected chi connectivity index (χ2v) is 7.04. The topological polar surface area (TPSA) is 49.9 Å². The molecule has 0 radical (unpaired) electrons. The average molecular weight is 366 g/mol. The van der Waals surface area contributed by atoms with Gasteiger partial charge < -0.3 is 9.64 Å². The zero-order chi connectivity index (χ0) is 19.2. The summed E-state index contributed by atoms with van der Waals surface area (Å²) in [4.78, 5) is 28.8. The van der Waals surface area contributed by atoms with Gasteiger partial charge in [-0.25, -0.2) is 4.79 Å². The fourth-order valence-corrected chi connectivity index (χ4v) is 3.25. The largest absolute Gasteiger partial charge is 0.452 e. The van der Waals surface area contributed by atoms with Crippen LogP contribution in [-0.2, 0) is 16.1 Å². The first-order valence-corrected chi connectivity index (χ1v) is 9.31. The Kier molecular flexibility index (Phi) is 6.24. The molecule has 5 nitrogen and oxygen atoms in total. The molecule has 3 rings (SSSR count). The lowest BCUT2D eigenvalue weighted by Crippen LogP contribution is -2.49.